The number of rotatable bonds is 4. The number of anilines is 1. The fraction of sp³-hybridized carbons (Fsp3) is 0.231. The summed E-state index contributed by atoms with van der Waals surface area (Å²) < 4.78 is 1.87. The van der Waals surface area contributed by atoms with Gasteiger partial charge >= 0.3 is 12.0 Å². The van der Waals surface area contributed by atoms with Crippen molar-refractivity contribution in [2.75, 3.05) is 4.90 Å². The number of carbonyl (C=O) groups excluding carboxylic acids is 3. The number of aryl methyl sites for hydroxylation is 2. The Hall–Kier alpha value is -3.69. The topological polar surface area (TPSA) is 109 Å². The third-order valence-electron chi connectivity index (χ3n) is 6.51. The molecule has 4 amide bonds. The highest BCUT2D eigenvalue weighted by Gasteiger charge is 2.37. The van der Waals surface area contributed by atoms with Crippen molar-refractivity contribution in [3.05, 3.63) is 73.9 Å². The Kier molecular flexibility index (Phi) is 6.05. The predicted octanol–water partition coefficient (Wildman–Crippen LogP) is 5.05. The molecule has 36 heavy (non-hydrogen) atoms. The number of thiophene rings is 1. The van der Waals surface area contributed by atoms with E-state index in [9.17, 15) is 24.3 Å². The zero-order valence-corrected chi connectivity index (χ0v) is 21.1. The second-order valence-corrected chi connectivity index (χ2v) is 10.3. The van der Waals surface area contributed by atoms with Crippen LogP contribution < -0.4 is 10.2 Å². The Bertz CT molecular complexity index is 1500. The molecule has 0 atom stereocenters. The van der Waals surface area contributed by atoms with E-state index >= 15 is 0 Å². The Morgan fingerprint density at radius 1 is 1.14 bits per heavy atom. The van der Waals surface area contributed by atoms with Crippen LogP contribution in [-0.2, 0) is 22.4 Å². The minimum absolute atomic E-state index is 0.209. The third kappa shape index (κ3) is 3.94. The molecule has 2 aliphatic rings. The lowest BCUT2D eigenvalue weighted by Crippen LogP contribution is -2.54. The van der Waals surface area contributed by atoms with Crippen molar-refractivity contribution in [1.29, 1.82) is 0 Å². The number of nitrogens with one attached hydrogen (secondary N) is 1. The van der Waals surface area contributed by atoms with Gasteiger partial charge in [0.05, 0.1) is 11.3 Å². The SMILES string of the molecule is Cc1cc(/C=C2\C(=O)NC(=O)N(c3cccc(Cl)c3)C2=O)c(C)n1-c1sc2c(c1C(=O)O)CCCC2. The summed E-state index contributed by atoms with van der Waals surface area (Å²) in [5.41, 5.74) is 3.29. The molecule has 2 aromatic heterocycles. The number of amides is 4. The lowest BCUT2D eigenvalue weighted by Gasteiger charge is -2.26. The van der Waals surface area contributed by atoms with Crippen LogP contribution in [0, 0.1) is 13.8 Å². The minimum atomic E-state index is -0.964. The van der Waals surface area contributed by atoms with E-state index in [2.05, 4.69) is 5.32 Å². The van der Waals surface area contributed by atoms with Gasteiger partial charge in [-0.1, -0.05) is 17.7 Å². The number of aromatic nitrogens is 1. The number of carboxylic acids is 1. The van der Waals surface area contributed by atoms with E-state index in [0.717, 1.165) is 46.7 Å². The van der Waals surface area contributed by atoms with E-state index in [1.165, 1.54) is 23.5 Å². The number of carbonyl (C=O) groups is 4. The fourth-order valence-corrected chi connectivity index (χ4v) is 6.51. The maximum atomic E-state index is 13.3. The van der Waals surface area contributed by atoms with Crippen molar-refractivity contribution in [3.8, 4) is 5.00 Å². The van der Waals surface area contributed by atoms with Crippen LogP contribution in [0.1, 0.15) is 50.6 Å². The molecule has 1 aliphatic carbocycles. The number of halogens is 1. The first-order valence-corrected chi connectivity index (χ1v) is 12.6. The highest BCUT2D eigenvalue weighted by Crippen LogP contribution is 2.39. The Labute approximate surface area is 215 Å². The number of fused-ring (bicyclic) bond motifs is 1. The normalized spacial score (nSPS) is 16.9. The molecule has 184 valence electrons. The highest BCUT2D eigenvalue weighted by atomic mass is 35.5. The van der Waals surface area contributed by atoms with E-state index in [1.54, 1.807) is 24.3 Å². The van der Waals surface area contributed by atoms with Crippen molar-refractivity contribution in [2.24, 2.45) is 0 Å². The molecule has 1 fully saturated rings. The zero-order chi connectivity index (χ0) is 25.7. The van der Waals surface area contributed by atoms with E-state index in [0.29, 0.717) is 26.8 Å². The average Bonchev–Trinajstić information content (AvgIpc) is 3.32. The van der Waals surface area contributed by atoms with Crippen molar-refractivity contribution >= 4 is 58.5 Å². The molecule has 0 radical (unpaired) electrons. The van der Waals surface area contributed by atoms with Crippen LogP contribution >= 0.6 is 22.9 Å². The number of hydrogen-bond acceptors (Lipinski definition) is 5. The Morgan fingerprint density at radius 3 is 2.61 bits per heavy atom. The van der Waals surface area contributed by atoms with Gasteiger partial charge in [0.15, 0.2) is 0 Å². The lowest BCUT2D eigenvalue weighted by atomic mass is 9.95. The maximum absolute atomic E-state index is 13.3. The molecular formula is C26H22ClN3O5S. The van der Waals surface area contributed by atoms with E-state index in [4.69, 9.17) is 11.6 Å². The molecule has 0 bridgehead atoms. The average molecular weight is 524 g/mol. The summed E-state index contributed by atoms with van der Waals surface area (Å²) in [6, 6.07) is 7.17. The summed E-state index contributed by atoms with van der Waals surface area (Å²) in [5.74, 6) is -2.53. The smallest absolute Gasteiger partial charge is 0.339 e. The first kappa shape index (κ1) is 24.0. The van der Waals surface area contributed by atoms with Gasteiger partial charge in [0.25, 0.3) is 11.8 Å². The van der Waals surface area contributed by atoms with Gasteiger partial charge in [0.2, 0.25) is 0 Å². The molecule has 3 heterocycles. The summed E-state index contributed by atoms with van der Waals surface area (Å²) in [6.07, 6.45) is 5.04. The zero-order valence-electron chi connectivity index (χ0n) is 19.6. The predicted molar refractivity (Wildman–Crippen MR) is 137 cm³/mol. The number of nitrogens with zero attached hydrogens (tertiary/aromatic N) is 2. The Morgan fingerprint density at radius 2 is 1.89 bits per heavy atom. The number of aromatic carboxylic acids is 1. The first-order chi connectivity index (χ1) is 17.2. The fourth-order valence-electron chi connectivity index (χ4n) is 4.84. The molecular weight excluding hydrogens is 502 g/mol. The quantitative estimate of drug-likeness (QED) is 0.367. The summed E-state index contributed by atoms with van der Waals surface area (Å²) >= 11 is 7.51. The van der Waals surface area contributed by atoms with Gasteiger partial charge in [-0.2, -0.15) is 0 Å². The molecule has 0 spiro atoms. The second kappa shape index (κ2) is 9.07. The number of imide groups is 2. The monoisotopic (exact) mass is 523 g/mol. The van der Waals surface area contributed by atoms with Crippen LogP contribution in [0.3, 0.4) is 0 Å². The standard InChI is InChI=1S/C26H22ClN3O5S/c1-13-10-15(14(2)29(13)24-21(25(33)34)18-8-3-4-9-20(18)36-24)11-19-22(31)28-26(35)30(23(19)32)17-7-5-6-16(27)12-17/h5-7,10-12H,3-4,8-9H2,1-2H3,(H,33,34)(H,28,31,35)/b19-11+. The summed E-state index contributed by atoms with van der Waals surface area (Å²) in [4.78, 5) is 52.6. The molecule has 1 saturated heterocycles. The number of hydrogen-bond donors (Lipinski definition) is 2. The molecule has 3 aromatic rings. The van der Waals surface area contributed by atoms with Crippen LogP contribution in [0.25, 0.3) is 11.1 Å². The maximum Gasteiger partial charge on any atom is 0.339 e. The van der Waals surface area contributed by atoms with Gasteiger partial charge in [-0.15, -0.1) is 11.3 Å². The number of carboxylic acid groups (broad SMARTS) is 1. The van der Waals surface area contributed by atoms with Crippen molar-refractivity contribution in [2.45, 2.75) is 39.5 Å². The van der Waals surface area contributed by atoms with Crippen LogP contribution in [0.2, 0.25) is 5.02 Å². The first-order valence-electron chi connectivity index (χ1n) is 11.4. The van der Waals surface area contributed by atoms with Crippen molar-refractivity contribution in [3.63, 3.8) is 0 Å². The molecule has 1 aromatic carbocycles. The van der Waals surface area contributed by atoms with Crippen LogP contribution in [0.5, 0.6) is 0 Å². The van der Waals surface area contributed by atoms with Gasteiger partial charge in [-0.25, -0.2) is 14.5 Å². The highest BCUT2D eigenvalue weighted by molar-refractivity contribution is 7.15. The van der Waals surface area contributed by atoms with Gasteiger partial charge in [-0.05, 0) is 81.0 Å². The molecule has 2 N–H and O–H groups in total. The van der Waals surface area contributed by atoms with Crippen molar-refractivity contribution in [1.82, 2.24) is 9.88 Å². The molecule has 0 unspecified atom stereocenters. The summed E-state index contributed by atoms with van der Waals surface area (Å²) in [7, 11) is 0. The largest absolute Gasteiger partial charge is 0.478 e. The van der Waals surface area contributed by atoms with Gasteiger partial charge < -0.3 is 9.67 Å². The van der Waals surface area contributed by atoms with Gasteiger partial charge in [-0.3, -0.25) is 14.9 Å². The van der Waals surface area contributed by atoms with Crippen LogP contribution in [0.4, 0.5) is 10.5 Å². The molecule has 1 aliphatic heterocycles. The number of barbiturate groups is 1. The van der Waals surface area contributed by atoms with Gasteiger partial charge in [0, 0.05) is 21.3 Å². The minimum Gasteiger partial charge on any atom is -0.478 e. The number of urea groups is 1. The van der Waals surface area contributed by atoms with Crippen LogP contribution in [-0.4, -0.2) is 33.5 Å². The van der Waals surface area contributed by atoms with Crippen molar-refractivity contribution < 1.29 is 24.3 Å². The molecule has 0 saturated carbocycles. The molecule has 10 heteroatoms. The van der Waals surface area contributed by atoms with Gasteiger partial charge in [0.1, 0.15) is 10.6 Å². The Balaban J connectivity index is 1.59. The number of benzene rings is 1. The van der Waals surface area contributed by atoms with E-state index < -0.39 is 23.8 Å². The molecule has 8 nitrogen and oxygen atoms in total. The van der Waals surface area contributed by atoms with E-state index in [-0.39, 0.29) is 11.3 Å². The summed E-state index contributed by atoms with van der Waals surface area (Å²) in [6.45, 7) is 3.67. The van der Waals surface area contributed by atoms with E-state index in [1.807, 2.05) is 18.4 Å². The third-order valence-corrected chi connectivity index (χ3v) is 8.02. The molecule has 5 rings (SSSR count). The lowest BCUT2D eigenvalue weighted by molar-refractivity contribution is -0.122. The second-order valence-electron chi connectivity index (χ2n) is 8.80. The van der Waals surface area contributed by atoms with Crippen LogP contribution in [0.15, 0.2) is 35.9 Å². The summed E-state index contributed by atoms with van der Waals surface area (Å²) in [5, 5.41) is 13.2.